The average molecular weight is 461 g/mol. The minimum absolute atomic E-state index is 0.00303. The SMILES string of the molecule is Cc1ccc(CN(C(=O)COc2ccc(Br)c(C)c2)[C@H](C)C(=O)NC(C)C)cc1. The van der Waals surface area contributed by atoms with Gasteiger partial charge in [-0.1, -0.05) is 45.8 Å². The fourth-order valence-electron chi connectivity index (χ4n) is 2.81. The van der Waals surface area contributed by atoms with Gasteiger partial charge in [0, 0.05) is 17.1 Å². The molecular weight excluding hydrogens is 432 g/mol. The van der Waals surface area contributed by atoms with Crippen molar-refractivity contribution in [1.82, 2.24) is 10.2 Å². The van der Waals surface area contributed by atoms with E-state index in [2.05, 4.69) is 21.2 Å². The maximum Gasteiger partial charge on any atom is 0.261 e. The van der Waals surface area contributed by atoms with Crippen LogP contribution in [0.1, 0.15) is 37.5 Å². The number of ether oxygens (including phenoxy) is 1. The van der Waals surface area contributed by atoms with Crippen molar-refractivity contribution in [3.8, 4) is 5.75 Å². The summed E-state index contributed by atoms with van der Waals surface area (Å²) in [5.74, 6) is 0.200. The standard InChI is InChI=1S/C23H29BrN2O3/c1-15(2)25-23(28)18(5)26(13-19-8-6-16(3)7-9-19)22(27)14-29-20-10-11-21(24)17(4)12-20/h6-12,15,18H,13-14H2,1-5H3,(H,25,28)/t18-/m1/s1. The molecule has 0 heterocycles. The first-order chi connectivity index (χ1) is 13.7. The van der Waals surface area contributed by atoms with Gasteiger partial charge in [0.25, 0.3) is 5.91 Å². The van der Waals surface area contributed by atoms with E-state index >= 15 is 0 Å². The molecule has 6 heteroatoms. The third-order valence-corrected chi connectivity index (χ3v) is 5.45. The van der Waals surface area contributed by atoms with Crippen LogP contribution in [-0.2, 0) is 16.1 Å². The van der Waals surface area contributed by atoms with Crippen molar-refractivity contribution in [3.05, 3.63) is 63.6 Å². The van der Waals surface area contributed by atoms with Crippen molar-refractivity contribution in [2.75, 3.05) is 6.61 Å². The van der Waals surface area contributed by atoms with Crippen LogP contribution < -0.4 is 10.1 Å². The fourth-order valence-corrected chi connectivity index (χ4v) is 3.06. The topological polar surface area (TPSA) is 58.6 Å². The van der Waals surface area contributed by atoms with Crippen LogP contribution in [0, 0.1) is 13.8 Å². The molecule has 0 saturated carbocycles. The van der Waals surface area contributed by atoms with Gasteiger partial charge in [-0.25, -0.2) is 0 Å². The van der Waals surface area contributed by atoms with Gasteiger partial charge in [-0.3, -0.25) is 9.59 Å². The first kappa shape index (κ1) is 22.9. The van der Waals surface area contributed by atoms with Crippen LogP contribution >= 0.6 is 15.9 Å². The fraction of sp³-hybridized carbons (Fsp3) is 0.391. The summed E-state index contributed by atoms with van der Waals surface area (Å²) in [6.45, 7) is 9.72. The molecule has 5 nitrogen and oxygen atoms in total. The number of amides is 2. The molecule has 1 atom stereocenters. The molecule has 2 aromatic rings. The Morgan fingerprint density at radius 2 is 1.72 bits per heavy atom. The molecule has 0 aliphatic rings. The van der Waals surface area contributed by atoms with Gasteiger partial charge >= 0.3 is 0 Å². The van der Waals surface area contributed by atoms with E-state index in [1.807, 2.05) is 70.2 Å². The number of benzene rings is 2. The van der Waals surface area contributed by atoms with E-state index in [4.69, 9.17) is 4.74 Å². The number of halogens is 1. The van der Waals surface area contributed by atoms with Crippen LogP contribution in [0.4, 0.5) is 0 Å². The molecule has 2 rings (SSSR count). The Morgan fingerprint density at radius 1 is 1.07 bits per heavy atom. The zero-order chi connectivity index (χ0) is 21.6. The minimum Gasteiger partial charge on any atom is -0.484 e. The highest BCUT2D eigenvalue weighted by Gasteiger charge is 2.26. The van der Waals surface area contributed by atoms with E-state index in [0.29, 0.717) is 12.3 Å². The lowest BCUT2D eigenvalue weighted by atomic mass is 10.1. The smallest absolute Gasteiger partial charge is 0.261 e. The lowest BCUT2D eigenvalue weighted by Gasteiger charge is -2.29. The van der Waals surface area contributed by atoms with E-state index in [0.717, 1.165) is 21.2 Å². The maximum absolute atomic E-state index is 13.0. The molecule has 29 heavy (non-hydrogen) atoms. The van der Waals surface area contributed by atoms with Gasteiger partial charge in [0.2, 0.25) is 5.91 Å². The Labute approximate surface area is 181 Å². The Hall–Kier alpha value is -2.34. The Balaban J connectivity index is 2.15. The largest absolute Gasteiger partial charge is 0.484 e. The summed E-state index contributed by atoms with van der Waals surface area (Å²) >= 11 is 3.45. The maximum atomic E-state index is 13.0. The number of aryl methyl sites for hydroxylation is 2. The van der Waals surface area contributed by atoms with Gasteiger partial charge in [-0.15, -0.1) is 0 Å². The summed E-state index contributed by atoms with van der Waals surface area (Å²) in [6.07, 6.45) is 0. The second-order valence-corrected chi connectivity index (χ2v) is 8.40. The molecular formula is C23H29BrN2O3. The number of nitrogens with zero attached hydrogens (tertiary/aromatic N) is 1. The number of hydrogen-bond donors (Lipinski definition) is 1. The first-order valence-electron chi connectivity index (χ1n) is 9.71. The van der Waals surface area contributed by atoms with Gasteiger partial charge in [-0.2, -0.15) is 0 Å². The lowest BCUT2D eigenvalue weighted by Crippen LogP contribution is -2.50. The van der Waals surface area contributed by atoms with Crippen molar-refractivity contribution in [1.29, 1.82) is 0 Å². The second-order valence-electron chi connectivity index (χ2n) is 7.55. The second kappa shape index (κ2) is 10.4. The third-order valence-electron chi connectivity index (χ3n) is 4.56. The molecule has 0 unspecified atom stereocenters. The summed E-state index contributed by atoms with van der Waals surface area (Å²) < 4.78 is 6.69. The molecule has 0 aliphatic carbocycles. The summed E-state index contributed by atoms with van der Waals surface area (Å²) in [5, 5.41) is 2.88. The van der Waals surface area contributed by atoms with E-state index < -0.39 is 6.04 Å². The summed E-state index contributed by atoms with van der Waals surface area (Å²) in [7, 11) is 0. The normalized spacial score (nSPS) is 11.8. The highest BCUT2D eigenvalue weighted by molar-refractivity contribution is 9.10. The predicted octanol–water partition coefficient (Wildman–Crippen LogP) is 4.39. The van der Waals surface area contributed by atoms with Crippen LogP contribution in [0.15, 0.2) is 46.9 Å². The average Bonchev–Trinajstić information content (AvgIpc) is 2.67. The van der Waals surface area contributed by atoms with Crippen LogP contribution in [0.25, 0.3) is 0 Å². The number of nitrogens with one attached hydrogen (secondary N) is 1. The number of hydrogen-bond acceptors (Lipinski definition) is 3. The minimum atomic E-state index is -0.610. The quantitative estimate of drug-likeness (QED) is 0.635. The van der Waals surface area contributed by atoms with Crippen LogP contribution in [-0.4, -0.2) is 35.4 Å². The third kappa shape index (κ3) is 6.89. The van der Waals surface area contributed by atoms with Crippen molar-refractivity contribution >= 4 is 27.7 Å². The zero-order valence-electron chi connectivity index (χ0n) is 17.7. The van der Waals surface area contributed by atoms with Crippen molar-refractivity contribution < 1.29 is 14.3 Å². The molecule has 0 saturated heterocycles. The molecule has 156 valence electrons. The summed E-state index contributed by atoms with van der Waals surface area (Å²) in [6, 6.07) is 12.9. The van der Waals surface area contributed by atoms with E-state index in [1.165, 1.54) is 0 Å². The summed E-state index contributed by atoms with van der Waals surface area (Å²) in [5.41, 5.74) is 3.13. The van der Waals surface area contributed by atoms with E-state index in [9.17, 15) is 9.59 Å². The van der Waals surface area contributed by atoms with Crippen molar-refractivity contribution in [2.45, 2.75) is 53.2 Å². The molecule has 2 amide bonds. The van der Waals surface area contributed by atoms with Crippen LogP contribution in [0.5, 0.6) is 5.75 Å². The highest BCUT2D eigenvalue weighted by Crippen LogP contribution is 2.22. The molecule has 0 fully saturated rings. The monoisotopic (exact) mass is 460 g/mol. The molecule has 0 spiro atoms. The van der Waals surface area contributed by atoms with Crippen LogP contribution in [0.3, 0.4) is 0 Å². The van der Waals surface area contributed by atoms with Gasteiger partial charge in [0.15, 0.2) is 6.61 Å². The molecule has 0 aromatic heterocycles. The highest BCUT2D eigenvalue weighted by atomic mass is 79.9. The van der Waals surface area contributed by atoms with Gasteiger partial charge in [0.1, 0.15) is 11.8 Å². The molecule has 0 radical (unpaired) electrons. The van der Waals surface area contributed by atoms with Gasteiger partial charge in [0.05, 0.1) is 0 Å². The zero-order valence-corrected chi connectivity index (χ0v) is 19.2. The summed E-state index contributed by atoms with van der Waals surface area (Å²) in [4.78, 5) is 27.1. The predicted molar refractivity (Wildman–Crippen MR) is 119 cm³/mol. The Morgan fingerprint density at radius 3 is 2.31 bits per heavy atom. The molecule has 2 aromatic carbocycles. The van der Waals surface area contributed by atoms with Gasteiger partial charge < -0.3 is 15.0 Å². The number of carbonyl (C=O) groups excluding carboxylic acids is 2. The number of carbonyl (C=O) groups is 2. The van der Waals surface area contributed by atoms with E-state index in [1.54, 1.807) is 11.8 Å². The van der Waals surface area contributed by atoms with E-state index in [-0.39, 0.29) is 24.5 Å². The number of rotatable bonds is 8. The van der Waals surface area contributed by atoms with Gasteiger partial charge in [-0.05, 0) is 63.9 Å². The molecule has 0 aliphatic heterocycles. The lowest BCUT2D eigenvalue weighted by molar-refractivity contribution is -0.142. The Kier molecular flexibility index (Phi) is 8.26. The Bertz CT molecular complexity index is 850. The van der Waals surface area contributed by atoms with Crippen molar-refractivity contribution in [2.24, 2.45) is 0 Å². The van der Waals surface area contributed by atoms with Crippen LogP contribution in [0.2, 0.25) is 0 Å². The van der Waals surface area contributed by atoms with Crippen molar-refractivity contribution in [3.63, 3.8) is 0 Å². The molecule has 1 N–H and O–H groups in total. The molecule has 0 bridgehead atoms. The first-order valence-corrected chi connectivity index (χ1v) is 10.5.